The minimum Gasteiger partial charge on any atom is -0.369 e. The van der Waals surface area contributed by atoms with Crippen LogP contribution in [0.25, 0.3) is 16.9 Å². The predicted octanol–water partition coefficient (Wildman–Crippen LogP) is 4.88. The lowest BCUT2D eigenvalue weighted by atomic mass is 10.1. The summed E-state index contributed by atoms with van der Waals surface area (Å²) in [7, 11) is 0. The minimum atomic E-state index is 0.718. The first-order chi connectivity index (χ1) is 11.3. The Labute approximate surface area is 144 Å². The molecule has 0 spiro atoms. The van der Waals surface area contributed by atoms with E-state index in [4.69, 9.17) is 16.7 Å². The third-order valence-electron chi connectivity index (χ3n) is 4.07. The van der Waals surface area contributed by atoms with Gasteiger partial charge in [-0.2, -0.15) is 5.10 Å². The zero-order valence-corrected chi connectivity index (χ0v) is 14.3. The van der Waals surface area contributed by atoms with Crippen LogP contribution in [0.5, 0.6) is 0 Å². The van der Waals surface area contributed by atoms with Gasteiger partial charge in [0.1, 0.15) is 5.82 Å². The van der Waals surface area contributed by atoms with E-state index in [1.54, 1.807) is 11.8 Å². The molecule has 0 saturated carbocycles. The largest absolute Gasteiger partial charge is 0.369 e. The average molecular weight is 342 g/mol. The van der Waals surface area contributed by atoms with Crippen LogP contribution in [0.4, 0.5) is 5.82 Å². The highest BCUT2D eigenvalue weighted by molar-refractivity contribution is 7.98. The van der Waals surface area contributed by atoms with Crippen LogP contribution in [0, 0.1) is 0 Å². The molecule has 2 aromatic carbocycles. The van der Waals surface area contributed by atoms with E-state index in [1.807, 2.05) is 28.9 Å². The molecule has 0 atom stereocenters. The standard InChI is InChI=1S/C18H16ClN3S/c1-23-16-8-3-2-7-14(16)17-15-9-10-20-18(15)22(21-17)13-6-4-5-12(19)11-13/h2-8,11,20H,9-10H2,1H3. The fourth-order valence-corrected chi connectivity index (χ4v) is 3.81. The number of hydrogen-bond donors (Lipinski definition) is 1. The first kappa shape index (κ1) is 14.7. The van der Waals surface area contributed by atoms with Crippen molar-refractivity contribution in [3.8, 4) is 16.9 Å². The van der Waals surface area contributed by atoms with Crippen molar-refractivity contribution < 1.29 is 0 Å². The van der Waals surface area contributed by atoms with Gasteiger partial charge in [0, 0.05) is 27.6 Å². The van der Waals surface area contributed by atoms with Crippen LogP contribution >= 0.6 is 23.4 Å². The zero-order valence-electron chi connectivity index (χ0n) is 12.7. The number of fused-ring (bicyclic) bond motifs is 1. The third kappa shape index (κ3) is 2.52. The van der Waals surface area contributed by atoms with Gasteiger partial charge in [-0.15, -0.1) is 11.8 Å². The van der Waals surface area contributed by atoms with Gasteiger partial charge in [0.05, 0.1) is 11.4 Å². The maximum absolute atomic E-state index is 6.15. The molecule has 4 rings (SSSR count). The molecule has 0 aliphatic carbocycles. The van der Waals surface area contributed by atoms with Gasteiger partial charge < -0.3 is 5.32 Å². The molecule has 3 aromatic rings. The molecule has 116 valence electrons. The molecule has 0 amide bonds. The smallest absolute Gasteiger partial charge is 0.133 e. The number of hydrogen-bond acceptors (Lipinski definition) is 3. The van der Waals surface area contributed by atoms with Gasteiger partial charge in [0.15, 0.2) is 0 Å². The van der Waals surface area contributed by atoms with E-state index in [0.29, 0.717) is 0 Å². The highest BCUT2D eigenvalue weighted by atomic mass is 35.5. The Balaban J connectivity index is 1.92. The molecule has 1 aliphatic heterocycles. The topological polar surface area (TPSA) is 29.9 Å². The van der Waals surface area contributed by atoms with Gasteiger partial charge >= 0.3 is 0 Å². The highest BCUT2D eigenvalue weighted by Crippen LogP contribution is 2.38. The summed E-state index contributed by atoms with van der Waals surface area (Å²) in [6.07, 6.45) is 3.10. The SMILES string of the molecule is CSc1ccccc1-c1nn(-c2cccc(Cl)c2)c2c1CCN2. The summed E-state index contributed by atoms with van der Waals surface area (Å²) in [5.74, 6) is 1.08. The maximum atomic E-state index is 6.15. The van der Waals surface area contributed by atoms with Crippen molar-refractivity contribution in [3.05, 3.63) is 59.1 Å². The van der Waals surface area contributed by atoms with E-state index in [2.05, 4.69) is 35.8 Å². The summed E-state index contributed by atoms with van der Waals surface area (Å²) >= 11 is 7.90. The lowest BCUT2D eigenvalue weighted by Gasteiger charge is -2.07. The Morgan fingerprint density at radius 2 is 2.04 bits per heavy atom. The van der Waals surface area contributed by atoms with E-state index >= 15 is 0 Å². The van der Waals surface area contributed by atoms with Crippen LogP contribution in [0.2, 0.25) is 5.02 Å². The van der Waals surface area contributed by atoms with Crippen LogP contribution in [0.3, 0.4) is 0 Å². The lowest BCUT2D eigenvalue weighted by molar-refractivity contribution is 0.881. The predicted molar refractivity (Wildman–Crippen MR) is 98.0 cm³/mol. The Morgan fingerprint density at radius 1 is 1.17 bits per heavy atom. The molecule has 23 heavy (non-hydrogen) atoms. The summed E-state index contributed by atoms with van der Waals surface area (Å²) in [6.45, 7) is 0.947. The number of nitrogens with one attached hydrogen (secondary N) is 1. The summed E-state index contributed by atoms with van der Waals surface area (Å²) in [6, 6.07) is 16.2. The molecule has 1 aliphatic rings. The number of aromatic nitrogens is 2. The minimum absolute atomic E-state index is 0.718. The van der Waals surface area contributed by atoms with E-state index in [0.717, 1.165) is 35.2 Å². The Bertz CT molecular complexity index is 872. The van der Waals surface area contributed by atoms with E-state index in [-0.39, 0.29) is 0 Å². The second-order valence-corrected chi connectivity index (χ2v) is 6.73. The average Bonchev–Trinajstić information content (AvgIpc) is 3.17. The van der Waals surface area contributed by atoms with Crippen molar-refractivity contribution >= 4 is 29.2 Å². The summed E-state index contributed by atoms with van der Waals surface area (Å²) in [5.41, 5.74) is 4.53. The number of halogens is 1. The molecule has 0 saturated heterocycles. The summed E-state index contributed by atoms with van der Waals surface area (Å²) in [5, 5.41) is 9.09. The molecule has 0 bridgehead atoms. The molecule has 1 aromatic heterocycles. The Morgan fingerprint density at radius 3 is 2.87 bits per heavy atom. The van der Waals surface area contributed by atoms with Crippen molar-refractivity contribution in [3.63, 3.8) is 0 Å². The molecule has 0 fully saturated rings. The molecule has 2 heterocycles. The van der Waals surface area contributed by atoms with Crippen molar-refractivity contribution in [1.82, 2.24) is 9.78 Å². The number of benzene rings is 2. The number of anilines is 1. The number of nitrogens with zero attached hydrogens (tertiary/aromatic N) is 2. The molecular weight excluding hydrogens is 326 g/mol. The second kappa shape index (κ2) is 5.95. The van der Waals surface area contributed by atoms with Crippen molar-refractivity contribution in [1.29, 1.82) is 0 Å². The fourth-order valence-electron chi connectivity index (χ4n) is 3.03. The molecule has 5 heteroatoms. The van der Waals surface area contributed by atoms with Crippen molar-refractivity contribution in [2.24, 2.45) is 0 Å². The van der Waals surface area contributed by atoms with Crippen molar-refractivity contribution in [2.75, 3.05) is 18.1 Å². The Hall–Kier alpha value is -1.91. The molecule has 1 N–H and O–H groups in total. The second-order valence-electron chi connectivity index (χ2n) is 5.44. The van der Waals surface area contributed by atoms with Gasteiger partial charge in [0.2, 0.25) is 0 Å². The fraction of sp³-hybridized carbons (Fsp3) is 0.167. The quantitative estimate of drug-likeness (QED) is 0.688. The summed E-state index contributed by atoms with van der Waals surface area (Å²) in [4.78, 5) is 1.25. The van der Waals surface area contributed by atoms with Crippen LogP contribution in [0.1, 0.15) is 5.56 Å². The molecule has 3 nitrogen and oxygen atoms in total. The zero-order chi connectivity index (χ0) is 15.8. The van der Waals surface area contributed by atoms with Gasteiger partial charge in [-0.1, -0.05) is 35.9 Å². The first-order valence-electron chi connectivity index (χ1n) is 7.53. The molecule has 0 unspecified atom stereocenters. The van der Waals surface area contributed by atoms with Gasteiger partial charge in [-0.25, -0.2) is 4.68 Å². The summed E-state index contributed by atoms with van der Waals surface area (Å²) < 4.78 is 1.97. The molecule has 0 radical (unpaired) electrons. The van der Waals surface area contributed by atoms with Gasteiger partial charge in [-0.3, -0.25) is 0 Å². The van der Waals surface area contributed by atoms with Gasteiger partial charge in [0.25, 0.3) is 0 Å². The lowest BCUT2D eigenvalue weighted by Crippen LogP contribution is -2.04. The van der Waals surface area contributed by atoms with Crippen LogP contribution in [-0.4, -0.2) is 22.6 Å². The normalized spacial score (nSPS) is 13.0. The van der Waals surface area contributed by atoms with Gasteiger partial charge in [-0.05, 0) is 36.9 Å². The highest BCUT2D eigenvalue weighted by Gasteiger charge is 2.25. The van der Waals surface area contributed by atoms with E-state index < -0.39 is 0 Å². The first-order valence-corrected chi connectivity index (χ1v) is 9.13. The van der Waals surface area contributed by atoms with E-state index in [9.17, 15) is 0 Å². The van der Waals surface area contributed by atoms with Crippen LogP contribution < -0.4 is 5.32 Å². The van der Waals surface area contributed by atoms with E-state index in [1.165, 1.54) is 16.0 Å². The Kier molecular flexibility index (Phi) is 3.79. The maximum Gasteiger partial charge on any atom is 0.133 e. The number of thioether (sulfide) groups is 1. The number of rotatable bonds is 3. The van der Waals surface area contributed by atoms with Crippen LogP contribution in [-0.2, 0) is 6.42 Å². The molecular formula is C18H16ClN3S. The monoisotopic (exact) mass is 341 g/mol. The van der Waals surface area contributed by atoms with Crippen LogP contribution in [0.15, 0.2) is 53.4 Å². The van der Waals surface area contributed by atoms with Crippen molar-refractivity contribution in [2.45, 2.75) is 11.3 Å². The third-order valence-corrected chi connectivity index (χ3v) is 5.10.